The van der Waals surface area contributed by atoms with Crippen molar-refractivity contribution in [3.8, 4) is 0 Å². The van der Waals surface area contributed by atoms with Crippen LogP contribution in [0.25, 0.3) is 0 Å². The van der Waals surface area contributed by atoms with Gasteiger partial charge in [-0.3, -0.25) is 0 Å². The van der Waals surface area contributed by atoms with Crippen LogP contribution in [0, 0.1) is 7.05 Å². The molecule has 0 aromatic heterocycles. The summed E-state index contributed by atoms with van der Waals surface area (Å²) in [5.41, 5.74) is 0. The van der Waals surface area contributed by atoms with Gasteiger partial charge in [0, 0.05) is 0 Å². The number of nitrogens with zero attached hydrogens (tertiary/aromatic N) is 1. The van der Waals surface area contributed by atoms with Crippen LogP contribution in [0.2, 0.25) is 0 Å². The number of rotatable bonds is 0. The Balaban J connectivity index is 2.32. The predicted molar refractivity (Wildman–Crippen MR) is 22.3 cm³/mol. The maximum absolute atomic E-state index is 4.69. The minimum Gasteiger partial charge on any atom is -0.414 e. The molecule has 2 nitrogen and oxygen atoms in total. The Morgan fingerprint density at radius 1 is 1.83 bits per heavy atom. The normalized spacial score (nSPS) is 21.5. The van der Waals surface area contributed by atoms with E-state index in [9.17, 15) is 0 Å². The zero-order valence-electron chi connectivity index (χ0n) is 3.42. The minimum absolute atomic E-state index is 0.806. The molecule has 1 aliphatic rings. The quantitative estimate of drug-likeness (QED) is 0.424. The Bertz CT molecular complexity index is 61.9. The second kappa shape index (κ2) is 1.30. The van der Waals surface area contributed by atoms with Crippen LogP contribution in [-0.2, 0) is 4.84 Å². The minimum atomic E-state index is 0.806. The Morgan fingerprint density at radius 2 is 2.67 bits per heavy atom. The molecule has 2 heteroatoms. The van der Waals surface area contributed by atoms with Gasteiger partial charge in [-0.15, -0.1) is 5.06 Å². The molecule has 0 saturated carbocycles. The Labute approximate surface area is 37.0 Å². The van der Waals surface area contributed by atoms with Gasteiger partial charge in [-0.05, 0) is 6.08 Å². The van der Waals surface area contributed by atoms with E-state index in [4.69, 9.17) is 4.84 Å². The van der Waals surface area contributed by atoms with Crippen LogP contribution in [0.3, 0.4) is 0 Å². The Kier molecular flexibility index (Phi) is 0.801. The molecule has 1 heterocycles. The first kappa shape index (κ1) is 3.68. The van der Waals surface area contributed by atoms with E-state index in [1.807, 2.05) is 6.08 Å². The van der Waals surface area contributed by atoms with Crippen LogP contribution in [0.4, 0.5) is 0 Å². The molecule has 0 spiro atoms. The average molecular weight is 84.1 g/mol. The van der Waals surface area contributed by atoms with Crippen LogP contribution in [0.15, 0.2) is 12.3 Å². The van der Waals surface area contributed by atoms with Gasteiger partial charge in [-0.25, -0.2) is 0 Å². The molecule has 0 bridgehead atoms. The summed E-state index contributed by atoms with van der Waals surface area (Å²) < 4.78 is 0. The molecule has 33 valence electrons. The SMILES string of the molecule is [CH2]N1CC=CO1. The highest BCUT2D eigenvalue weighted by atomic mass is 16.7. The maximum Gasteiger partial charge on any atom is 0.109 e. The molecule has 0 unspecified atom stereocenters. The molecule has 0 atom stereocenters. The van der Waals surface area contributed by atoms with Crippen LogP contribution in [0.5, 0.6) is 0 Å². The summed E-state index contributed by atoms with van der Waals surface area (Å²) in [6, 6.07) is 0. The van der Waals surface area contributed by atoms with E-state index in [0.29, 0.717) is 0 Å². The molecule has 0 amide bonds. The Morgan fingerprint density at radius 3 is 2.83 bits per heavy atom. The van der Waals surface area contributed by atoms with Crippen molar-refractivity contribution in [1.82, 2.24) is 5.06 Å². The second-order valence-electron chi connectivity index (χ2n) is 1.14. The molecule has 6 heavy (non-hydrogen) atoms. The van der Waals surface area contributed by atoms with Crippen molar-refractivity contribution in [3.05, 3.63) is 19.4 Å². The number of hydroxylamine groups is 2. The van der Waals surface area contributed by atoms with Crippen molar-refractivity contribution in [1.29, 1.82) is 0 Å². The number of hydrogen-bond acceptors (Lipinski definition) is 2. The van der Waals surface area contributed by atoms with Crippen molar-refractivity contribution in [3.63, 3.8) is 0 Å². The predicted octanol–water partition coefficient (Wildman–Crippen LogP) is 0.539. The van der Waals surface area contributed by atoms with E-state index < -0.39 is 0 Å². The van der Waals surface area contributed by atoms with Crippen molar-refractivity contribution in [2.45, 2.75) is 0 Å². The van der Waals surface area contributed by atoms with Gasteiger partial charge in [-0.2, -0.15) is 0 Å². The van der Waals surface area contributed by atoms with Crippen molar-refractivity contribution in [2.75, 3.05) is 6.54 Å². The van der Waals surface area contributed by atoms with Crippen molar-refractivity contribution >= 4 is 0 Å². The molecule has 0 N–H and O–H groups in total. The molecule has 0 saturated heterocycles. The lowest BCUT2D eigenvalue weighted by molar-refractivity contribution is -0.0298. The summed E-state index contributed by atoms with van der Waals surface area (Å²) in [6.45, 7) is 0.806. The highest BCUT2D eigenvalue weighted by Crippen LogP contribution is 1.95. The summed E-state index contributed by atoms with van der Waals surface area (Å²) in [6.07, 6.45) is 3.51. The lowest BCUT2D eigenvalue weighted by Gasteiger charge is -2.02. The first-order valence-corrected chi connectivity index (χ1v) is 1.79. The highest BCUT2D eigenvalue weighted by Gasteiger charge is 1.96. The van der Waals surface area contributed by atoms with Gasteiger partial charge in [0.2, 0.25) is 0 Å². The highest BCUT2D eigenvalue weighted by molar-refractivity contribution is 4.80. The maximum atomic E-state index is 4.69. The molecule has 0 aromatic carbocycles. The van der Waals surface area contributed by atoms with E-state index in [1.165, 1.54) is 5.06 Å². The van der Waals surface area contributed by atoms with Gasteiger partial charge in [0.25, 0.3) is 0 Å². The van der Waals surface area contributed by atoms with E-state index in [-0.39, 0.29) is 0 Å². The van der Waals surface area contributed by atoms with Crippen LogP contribution in [0.1, 0.15) is 0 Å². The zero-order chi connectivity index (χ0) is 4.41. The van der Waals surface area contributed by atoms with Crippen molar-refractivity contribution in [2.24, 2.45) is 0 Å². The van der Waals surface area contributed by atoms with E-state index in [0.717, 1.165) is 6.54 Å². The monoisotopic (exact) mass is 84.0 g/mol. The molecule has 0 fully saturated rings. The fourth-order valence-corrected chi connectivity index (χ4v) is 0.333. The van der Waals surface area contributed by atoms with Gasteiger partial charge in [0.1, 0.15) is 6.26 Å². The van der Waals surface area contributed by atoms with Gasteiger partial charge >= 0.3 is 0 Å². The molecule has 1 aliphatic heterocycles. The smallest absolute Gasteiger partial charge is 0.109 e. The summed E-state index contributed by atoms with van der Waals surface area (Å²) in [5, 5.41) is 1.50. The third kappa shape index (κ3) is 0.518. The third-order valence-electron chi connectivity index (χ3n) is 0.615. The largest absolute Gasteiger partial charge is 0.414 e. The topological polar surface area (TPSA) is 12.5 Å². The van der Waals surface area contributed by atoms with E-state index in [1.54, 1.807) is 6.26 Å². The fraction of sp³-hybridized carbons (Fsp3) is 0.250. The molecule has 0 aliphatic carbocycles. The average Bonchev–Trinajstić information content (AvgIpc) is 1.86. The van der Waals surface area contributed by atoms with Gasteiger partial charge in [-0.1, -0.05) is 0 Å². The molecule has 0 aromatic rings. The number of hydrogen-bond donors (Lipinski definition) is 0. The fourth-order valence-electron chi connectivity index (χ4n) is 0.333. The molecular weight excluding hydrogens is 78.0 g/mol. The first-order valence-electron chi connectivity index (χ1n) is 1.79. The van der Waals surface area contributed by atoms with E-state index in [2.05, 4.69) is 7.05 Å². The van der Waals surface area contributed by atoms with Crippen molar-refractivity contribution < 1.29 is 4.84 Å². The summed E-state index contributed by atoms with van der Waals surface area (Å²) >= 11 is 0. The van der Waals surface area contributed by atoms with Gasteiger partial charge in [0.05, 0.1) is 13.6 Å². The lowest BCUT2D eigenvalue weighted by atomic mass is 10.6. The molecule has 1 radical (unpaired) electrons. The molecule has 1 rings (SSSR count). The molecular formula is C4H6NO. The first-order chi connectivity index (χ1) is 2.89. The van der Waals surface area contributed by atoms with Gasteiger partial charge < -0.3 is 4.84 Å². The lowest BCUT2D eigenvalue weighted by Crippen LogP contribution is -2.06. The third-order valence-corrected chi connectivity index (χ3v) is 0.615. The van der Waals surface area contributed by atoms with E-state index >= 15 is 0 Å². The second-order valence-corrected chi connectivity index (χ2v) is 1.14. The standard InChI is InChI=1S/C4H6NO/c1-5-3-2-4-6-5/h2,4H,1,3H2. The van der Waals surface area contributed by atoms with Crippen LogP contribution < -0.4 is 0 Å². The van der Waals surface area contributed by atoms with Gasteiger partial charge in [0.15, 0.2) is 0 Å². The van der Waals surface area contributed by atoms with Crippen LogP contribution >= 0.6 is 0 Å². The summed E-state index contributed by atoms with van der Waals surface area (Å²) in [4.78, 5) is 4.69. The summed E-state index contributed by atoms with van der Waals surface area (Å²) in [7, 11) is 3.49. The zero-order valence-corrected chi connectivity index (χ0v) is 3.42. The summed E-state index contributed by atoms with van der Waals surface area (Å²) in [5.74, 6) is 0. The Hall–Kier alpha value is -0.500. The van der Waals surface area contributed by atoms with Crippen LogP contribution in [-0.4, -0.2) is 11.6 Å².